The molecule has 8 nitrogen and oxygen atoms in total. The minimum atomic E-state index is -0.803. The van der Waals surface area contributed by atoms with Crippen molar-refractivity contribution in [3.63, 3.8) is 0 Å². The number of ether oxygens (including phenoxy) is 1. The first-order valence-electron chi connectivity index (χ1n) is 7.93. The quantitative estimate of drug-likeness (QED) is 0.664. The van der Waals surface area contributed by atoms with E-state index in [1.807, 2.05) is 0 Å². The largest absolute Gasteiger partial charge is 0.449 e. The van der Waals surface area contributed by atoms with Gasteiger partial charge in [0.15, 0.2) is 0 Å². The van der Waals surface area contributed by atoms with E-state index in [9.17, 15) is 18.8 Å². The molecule has 0 spiro atoms. The molecule has 2 aromatic heterocycles. The molecule has 10 heteroatoms. The molecule has 0 atom stereocenters. The highest BCUT2D eigenvalue weighted by atomic mass is 32.1. The first kappa shape index (κ1) is 18.5. The van der Waals surface area contributed by atoms with Crippen LogP contribution in [0.1, 0.15) is 6.92 Å². The van der Waals surface area contributed by atoms with E-state index in [0.717, 1.165) is 4.57 Å². The molecule has 2 N–H and O–H groups in total. The van der Waals surface area contributed by atoms with Crippen molar-refractivity contribution in [2.24, 2.45) is 0 Å². The Morgan fingerprint density at radius 1 is 1.26 bits per heavy atom. The molecule has 3 aromatic rings. The SMILES string of the molecule is CCOC(=O)NNC(=O)Cn1cnc2scc(-c3ccc(F)cc3)c2c1=O. The monoisotopic (exact) mass is 390 g/mol. The number of aromatic nitrogens is 2. The number of nitrogens with zero attached hydrogens (tertiary/aromatic N) is 2. The summed E-state index contributed by atoms with van der Waals surface area (Å²) >= 11 is 1.28. The van der Waals surface area contributed by atoms with Crippen molar-refractivity contribution in [1.82, 2.24) is 20.4 Å². The molecule has 140 valence electrons. The maximum atomic E-state index is 13.1. The smallest absolute Gasteiger partial charge is 0.426 e. The summed E-state index contributed by atoms with van der Waals surface area (Å²) in [5.74, 6) is -0.996. The number of carbonyl (C=O) groups excluding carboxylic acids is 2. The van der Waals surface area contributed by atoms with Crippen molar-refractivity contribution in [3.8, 4) is 11.1 Å². The van der Waals surface area contributed by atoms with Gasteiger partial charge in [-0.3, -0.25) is 19.6 Å². The van der Waals surface area contributed by atoms with Gasteiger partial charge in [0.1, 0.15) is 17.2 Å². The Morgan fingerprint density at radius 3 is 2.70 bits per heavy atom. The lowest BCUT2D eigenvalue weighted by Crippen LogP contribution is -2.44. The minimum Gasteiger partial charge on any atom is -0.449 e. The molecule has 0 fully saturated rings. The number of rotatable bonds is 4. The maximum absolute atomic E-state index is 13.1. The number of halogens is 1. The van der Waals surface area contributed by atoms with Crippen molar-refractivity contribution in [1.29, 1.82) is 0 Å². The van der Waals surface area contributed by atoms with Gasteiger partial charge >= 0.3 is 6.09 Å². The van der Waals surface area contributed by atoms with Crippen molar-refractivity contribution < 1.29 is 18.7 Å². The van der Waals surface area contributed by atoms with Crippen molar-refractivity contribution in [2.75, 3.05) is 6.61 Å². The van der Waals surface area contributed by atoms with E-state index in [2.05, 4.69) is 20.6 Å². The Morgan fingerprint density at radius 2 is 2.00 bits per heavy atom. The van der Waals surface area contributed by atoms with Crippen LogP contribution in [0.15, 0.2) is 40.8 Å². The third kappa shape index (κ3) is 4.11. The Bertz CT molecular complexity index is 1050. The molecule has 27 heavy (non-hydrogen) atoms. The Labute approximate surface area is 156 Å². The predicted octanol–water partition coefficient (Wildman–Crippen LogP) is 2.04. The molecule has 0 saturated heterocycles. The fraction of sp³-hybridized carbons (Fsp3) is 0.176. The lowest BCUT2D eigenvalue weighted by Gasteiger charge is -2.08. The van der Waals surface area contributed by atoms with E-state index < -0.39 is 17.6 Å². The predicted molar refractivity (Wildman–Crippen MR) is 97.6 cm³/mol. The van der Waals surface area contributed by atoms with Crippen LogP contribution >= 0.6 is 11.3 Å². The van der Waals surface area contributed by atoms with Crippen molar-refractivity contribution in [2.45, 2.75) is 13.5 Å². The average molecular weight is 390 g/mol. The van der Waals surface area contributed by atoms with Crippen LogP contribution in [0.4, 0.5) is 9.18 Å². The molecule has 0 aliphatic rings. The molecular weight excluding hydrogens is 375 g/mol. The maximum Gasteiger partial charge on any atom is 0.426 e. The van der Waals surface area contributed by atoms with Crippen molar-refractivity contribution in [3.05, 3.63) is 52.1 Å². The molecule has 0 aliphatic heterocycles. The van der Waals surface area contributed by atoms with Crippen LogP contribution in [0.25, 0.3) is 21.3 Å². The van der Waals surface area contributed by atoms with E-state index in [1.165, 1.54) is 29.8 Å². The van der Waals surface area contributed by atoms with Crippen LogP contribution in [0, 0.1) is 5.82 Å². The third-order valence-corrected chi connectivity index (χ3v) is 4.50. The summed E-state index contributed by atoms with van der Waals surface area (Å²) < 4.78 is 18.9. The number of hydrogen-bond donors (Lipinski definition) is 2. The van der Waals surface area contributed by atoms with E-state index in [4.69, 9.17) is 0 Å². The van der Waals surface area contributed by atoms with Gasteiger partial charge in [-0.1, -0.05) is 12.1 Å². The third-order valence-electron chi connectivity index (χ3n) is 3.61. The lowest BCUT2D eigenvalue weighted by molar-refractivity contribution is -0.122. The highest BCUT2D eigenvalue weighted by Gasteiger charge is 2.15. The number of hydrazine groups is 1. The number of nitrogens with one attached hydrogen (secondary N) is 2. The zero-order chi connectivity index (χ0) is 19.4. The second-order valence-electron chi connectivity index (χ2n) is 5.41. The first-order chi connectivity index (χ1) is 13.0. The number of carbonyl (C=O) groups is 2. The minimum absolute atomic E-state index is 0.159. The summed E-state index contributed by atoms with van der Waals surface area (Å²) in [5, 5.41) is 2.11. The molecule has 0 bridgehead atoms. The average Bonchev–Trinajstić information content (AvgIpc) is 3.08. The van der Waals surface area contributed by atoms with E-state index in [-0.39, 0.29) is 19.0 Å². The fourth-order valence-electron chi connectivity index (χ4n) is 2.40. The van der Waals surface area contributed by atoms with Crippen LogP contribution in [-0.4, -0.2) is 28.2 Å². The summed E-state index contributed by atoms with van der Waals surface area (Å²) in [5.41, 5.74) is 5.10. The first-order valence-corrected chi connectivity index (χ1v) is 8.81. The number of amides is 2. The van der Waals surface area contributed by atoms with Crippen LogP contribution in [0.5, 0.6) is 0 Å². The lowest BCUT2D eigenvalue weighted by atomic mass is 10.1. The van der Waals surface area contributed by atoms with Gasteiger partial charge in [-0.15, -0.1) is 11.3 Å². The molecule has 0 aliphatic carbocycles. The second kappa shape index (κ2) is 7.96. The Hall–Kier alpha value is -3.27. The van der Waals surface area contributed by atoms with Crippen molar-refractivity contribution >= 4 is 33.6 Å². The normalized spacial score (nSPS) is 10.6. The molecule has 0 radical (unpaired) electrons. The van der Waals surface area contributed by atoms with Gasteiger partial charge in [-0.2, -0.15) is 0 Å². The Balaban J connectivity index is 1.85. The Kier molecular flexibility index (Phi) is 5.46. The molecular formula is C17H15FN4O4S. The summed E-state index contributed by atoms with van der Waals surface area (Å²) in [7, 11) is 0. The molecule has 0 saturated carbocycles. The van der Waals surface area contributed by atoms with Crippen LogP contribution < -0.4 is 16.4 Å². The topological polar surface area (TPSA) is 102 Å². The fourth-order valence-corrected chi connectivity index (χ4v) is 3.31. The van der Waals surface area contributed by atoms with Crippen LogP contribution in [0.3, 0.4) is 0 Å². The zero-order valence-electron chi connectivity index (χ0n) is 14.2. The molecule has 3 rings (SSSR count). The van der Waals surface area contributed by atoms with E-state index in [0.29, 0.717) is 21.3 Å². The summed E-state index contributed by atoms with van der Waals surface area (Å²) in [6.45, 7) is 1.44. The number of thiophene rings is 1. The standard InChI is InChI=1S/C17H15FN4O4S/c1-2-26-17(25)21-20-13(23)7-22-9-19-15-14(16(22)24)12(8-27-15)10-3-5-11(18)6-4-10/h3-6,8-9H,2,7H2,1H3,(H,20,23)(H,21,25). The van der Waals surface area contributed by atoms with Gasteiger partial charge < -0.3 is 4.74 Å². The molecule has 0 unspecified atom stereocenters. The van der Waals surface area contributed by atoms with Crippen LogP contribution in [0.2, 0.25) is 0 Å². The van der Waals surface area contributed by atoms with Gasteiger partial charge in [0.05, 0.1) is 18.3 Å². The van der Waals surface area contributed by atoms with Crippen LogP contribution in [-0.2, 0) is 16.1 Å². The van der Waals surface area contributed by atoms with Gasteiger partial charge in [0.2, 0.25) is 0 Å². The van der Waals surface area contributed by atoms with Gasteiger partial charge in [0.25, 0.3) is 11.5 Å². The number of hydrogen-bond acceptors (Lipinski definition) is 6. The summed E-state index contributed by atoms with van der Waals surface area (Å²) in [4.78, 5) is 40.6. The van der Waals surface area contributed by atoms with Gasteiger partial charge in [0, 0.05) is 10.9 Å². The van der Waals surface area contributed by atoms with E-state index in [1.54, 1.807) is 24.4 Å². The molecule has 2 heterocycles. The number of fused-ring (bicyclic) bond motifs is 1. The summed E-state index contributed by atoms with van der Waals surface area (Å²) in [6.07, 6.45) is 0.461. The second-order valence-corrected chi connectivity index (χ2v) is 6.27. The summed E-state index contributed by atoms with van der Waals surface area (Å²) in [6, 6.07) is 5.76. The molecule has 1 aromatic carbocycles. The van der Waals surface area contributed by atoms with E-state index >= 15 is 0 Å². The van der Waals surface area contributed by atoms with Gasteiger partial charge in [-0.05, 0) is 24.6 Å². The number of benzene rings is 1. The zero-order valence-corrected chi connectivity index (χ0v) is 15.0. The molecule has 2 amide bonds. The highest BCUT2D eigenvalue weighted by Crippen LogP contribution is 2.30. The highest BCUT2D eigenvalue weighted by molar-refractivity contribution is 7.17. The van der Waals surface area contributed by atoms with Gasteiger partial charge in [-0.25, -0.2) is 19.6 Å².